The van der Waals surface area contributed by atoms with Gasteiger partial charge in [-0.05, 0) is 42.8 Å². The van der Waals surface area contributed by atoms with Crippen molar-refractivity contribution in [1.29, 1.82) is 0 Å². The third-order valence-corrected chi connectivity index (χ3v) is 6.13. The van der Waals surface area contributed by atoms with E-state index in [0.717, 1.165) is 41.4 Å². The minimum absolute atomic E-state index is 0.109. The molecular weight excluding hydrogens is 463 g/mol. The molecule has 170 valence electrons. The van der Waals surface area contributed by atoms with Gasteiger partial charge in [0.05, 0.1) is 34.3 Å². The average Bonchev–Trinajstić information content (AvgIpc) is 3.25. The number of hydrogen-bond acceptors (Lipinski definition) is 5. The predicted octanol–water partition coefficient (Wildman–Crippen LogP) is 6.10. The minimum atomic E-state index is -0.461. The number of amides is 1. The Balaban J connectivity index is 1.51. The molecule has 2 heterocycles. The Morgan fingerprint density at radius 3 is 2.91 bits per heavy atom. The highest BCUT2D eigenvalue weighted by Crippen LogP contribution is 2.32. The van der Waals surface area contributed by atoms with Gasteiger partial charge in [-0.3, -0.25) is 4.79 Å². The van der Waals surface area contributed by atoms with Gasteiger partial charge in [0.2, 0.25) is 5.91 Å². The maximum Gasteiger partial charge on any atom is 0.234 e. The molecule has 4 aromatic rings. The van der Waals surface area contributed by atoms with E-state index in [1.807, 2.05) is 30.3 Å². The van der Waals surface area contributed by atoms with E-state index in [2.05, 4.69) is 22.3 Å². The number of nitrogens with zero attached hydrogens (tertiary/aromatic N) is 3. The van der Waals surface area contributed by atoms with Gasteiger partial charge in [-0.1, -0.05) is 48.8 Å². The molecule has 0 aliphatic carbocycles. The summed E-state index contributed by atoms with van der Waals surface area (Å²) in [6, 6.07) is 13.6. The zero-order valence-electron chi connectivity index (χ0n) is 17.9. The summed E-state index contributed by atoms with van der Waals surface area (Å²) < 4.78 is 20.9. The smallest absolute Gasteiger partial charge is 0.234 e. The van der Waals surface area contributed by atoms with Gasteiger partial charge in [-0.2, -0.15) is 5.10 Å². The number of nitrogens with one attached hydrogen (secondary N) is 1. The van der Waals surface area contributed by atoms with E-state index >= 15 is 0 Å². The van der Waals surface area contributed by atoms with Crippen molar-refractivity contribution in [2.45, 2.75) is 24.8 Å². The molecular formula is C24H22ClFN4O2S. The monoisotopic (exact) mass is 484 g/mol. The Morgan fingerprint density at radius 1 is 1.24 bits per heavy atom. The molecule has 2 aromatic heterocycles. The van der Waals surface area contributed by atoms with Crippen LogP contribution >= 0.6 is 23.4 Å². The predicted molar refractivity (Wildman–Crippen MR) is 130 cm³/mol. The van der Waals surface area contributed by atoms with Crippen molar-refractivity contribution < 1.29 is 13.9 Å². The van der Waals surface area contributed by atoms with Crippen LogP contribution in [0.3, 0.4) is 0 Å². The normalized spacial score (nSPS) is 11.0. The third kappa shape index (κ3) is 5.64. The number of benzene rings is 2. The lowest BCUT2D eigenvalue weighted by atomic mass is 10.1. The summed E-state index contributed by atoms with van der Waals surface area (Å²) in [6.07, 6.45) is 5.45. The second-order valence-corrected chi connectivity index (χ2v) is 8.62. The van der Waals surface area contributed by atoms with Crippen molar-refractivity contribution in [1.82, 2.24) is 14.6 Å². The number of anilines is 1. The lowest BCUT2D eigenvalue weighted by Crippen LogP contribution is -2.14. The van der Waals surface area contributed by atoms with Crippen molar-refractivity contribution in [3.05, 3.63) is 71.8 Å². The number of thioether (sulfide) groups is 1. The van der Waals surface area contributed by atoms with Gasteiger partial charge in [0.25, 0.3) is 0 Å². The van der Waals surface area contributed by atoms with E-state index in [0.29, 0.717) is 17.3 Å². The van der Waals surface area contributed by atoms with E-state index in [1.54, 1.807) is 16.9 Å². The number of para-hydroxylation sites is 1. The second kappa shape index (κ2) is 10.7. The van der Waals surface area contributed by atoms with Crippen LogP contribution in [0.1, 0.15) is 19.8 Å². The largest absolute Gasteiger partial charge is 0.493 e. The molecule has 0 fully saturated rings. The minimum Gasteiger partial charge on any atom is -0.493 e. The fourth-order valence-corrected chi connectivity index (χ4v) is 4.17. The number of rotatable bonds is 9. The molecule has 0 saturated heterocycles. The van der Waals surface area contributed by atoms with Crippen LogP contribution in [0.2, 0.25) is 5.02 Å². The van der Waals surface area contributed by atoms with Gasteiger partial charge in [-0.25, -0.2) is 13.9 Å². The van der Waals surface area contributed by atoms with E-state index in [9.17, 15) is 9.18 Å². The second-order valence-electron chi connectivity index (χ2n) is 7.25. The lowest BCUT2D eigenvalue weighted by molar-refractivity contribution is -0.113. The van der Waals surface area contributed by atoms with Crippen LogP contribution in [0.15, 0.2) is 66.0 Å². The van der Waals surface area contributed by atoms with Gasteiger partial charge < -0.3 is 10.1 Å². The highest BCUT2D eigenvalue weighted by molar-refractivity contribution is 8.00. The maximum atomic E-state index is 13.2. The fourth-order valence-electron chi connectivity index (χ4n) is 3.18. The molecule has 4 rings (SSSR count). The van der Waals surface area contributed by atoms with Gasteiger partial charge in [-0.15, -0.1) is 0 Å². The third-order valence-electron chi connectivity index (χ3n) is 4.82. The summed E-state index contributed by atoms with van der Waals surface area (Å²) in [5, 5.41) is 8.19. The molecule has 0 saturated carbocycles. The number of ether oxygens (including phenoxy) is 1. The van der Waals surface area contributed by atoms with Crippen LogP contribution in [-0.4, -0.2) is 32.9 Å². The van der Waals surface area contributed by atoms with Crippen molar-refractivity contribution in [3.8, 4) is 17.0 Å². The summed E-state index contributed by atoms with van der Waals surface area (Å²) in [5.74, 6) is 0.161. The number of halogens is 2. The van der Waals surface area contributed by atoms with Crippen molar-refractivity contribution >= 4 is 40.5 Å². The summed E-state index contributed by atoms with van der Waals surface area (Å²) in [4.78, 5) is 16.8. The molecule has 1 N–H and O–H groups in total. The van der Waals surface area contributed by atoms with E-state index < -0.39 is 5.82 Å². The quantitative estimate of drug-likeness (QED) is 0.230. The Hall–Kier alpha value is -3.10. The van der Waals surface area contributed by atoms with Crippen molar-refractivity contribution in [2.75, 3.05) is 17.7 Å². The van der Waals surface area contributed by atoms with Gasteiger partial charge in [0.1, 0.15) is 16.6 Å². The first-order valence-electron chi connectivity index (χ1n) is 10.5. The van der Waals surface area contributed by atoms with E-state index in [1.165, 1.54) is 23.9 Å². The van der Waals surface area contributed by atoms with Crippen LogP contribution in [0, 0.1) is 5.82 Å². The maximum absolute atomic E-state index is 13.2. The average molecular weight is 485 g/mol. The zero-order valence-corrected chi connectivity index (χ0v) is 19.5. The molecule has 0 radical (unpaired) electrons. The number of aromatic nitrogens is 3. The topological polar surface area (TPSA) is 68.5 Å². The van der Waals surface area contributed by atoms with Gasteiger partial charge in [0, 0.05) is 18.0 Å². The van der Waals surface area contributed by atoms with Crippen LogP contribution in [0.4, 0.5) is 10.1 Å². The Labute approximate surface area is 200 Å². The number of carbonyl (C=O) groups is 1. The fraction of sp³-hybridized carbons (Fsp3) is 0.208. The van der Waals surface area contributed by atoms with Crippen LogP contribution in [0.25, 0.3) is 16.8 Å². The molecule has 1 amide bonds. The van der Waals surface area contributed by atoms with Crippen LogP contribution < -0.4 is 10.1 Å². The van der Waals surface area contributed by atoms with Crippen molar-refractivity contribution in [3.63, 3.8) is 0 Å². The summed E-state index contributed by atoms with van der Waals surface area (Å²) in [7, 11) is 0. The molecule has 2 aromatic carbocycles. The number of unbranched alkanes of at least 4 members (excludes halogenated alkanes) is 1. The Kier molecular flexibility index (Phi) is 7.47. The summed E-state index contributed by atoms with van der Waals surface area (Å²) >= 11 is 7.27. The molecule has 9 heteroatoms. The van der Waals surface area contributed by atoms with E-state index in [4.69, 9.17) is 16.3 Å². The SMILES string of the molecule is CCCCOc1ccccc1-c1cc2c(SCC(=O)Nc3ccc(F)cc3Cl)nccn2n1. The first-order chi connectivity index (χ1) is 16.0. The summed E-state index contributed by atoms with van der Waals surface area (Å²) in [6.45, 7) is 2.77. The highest BCUT2D eigenvalue weighted by Gasteiger charge is 2.15. The standard InChI is InChI=1S/C24H22ClFN4O2S/c1-2-3-12-32-22-7-5-4-6-17(22)20-14-21-24(27-10-11-30(21)29-20)33-15-23(31)28-19-9-8-16(26)13-18(19)25/h4-11,13-14H,2-3,12,15H2,1H3,(H,28,31). The molecule has 0 aliphatic heterocycles. The lowest BCUT2D eigenvalue weighted by Gasteiger charge is -2.09. The Bertz CT molecular complexity index is 1280. The van der Waals surface area contributed by atoms with Crippen molar-refractivity contribution in [2.24, 2.45) is 0 Å². The van der Waals surface area contributed by atoms with Gasteiger partial charge >= 0.3 is 0 Å². The van der Waals surface area contributed by atoms with Crippen LogP contribution in [-0.2, 0) is 4.79 Å². The first-order valence-corrected chi connectivity index (χ1v) is 11.9. The molecule has 6 nitrogen and oxygen atoms in total. The molecule has 33 heavy (non-hydrogen) atoms. The van der Waals surface area contributed by atoms with Gasteiger partial charge in [0.15, 0.2) is 0 Å². The van der Waals surface area contributed by atoms with Crippen LogP contribution in [0.5, 0.6) is 5.75 Å². The number of hydrogen-bond donors (Lipinski definition) is 1. The molecule has 0 spiro atoms. The highest BCUT2D eigenvalue weighted by atomic mass is 35.5. The summed E-state index contributed by atoms with van der Waals surface area (Å²) in [5.41, 5.74) is 2.81. The Morgan fingerprint density at radius 2 is 2.09 bits per heavy atom. The molecule has 0 aliphatic rings. The first kappa shape index (κ1) is 23.1. The number of carbonyl (C=O) groups excluding carboxylic acids is 1. The molecule has 0 bridgehead atoms. The van der Waals surface area contributed by atoms with E-state index in [-0.39, 0.29) is 16.7 Å². The molecule has 0 unspecified atom stereocenters. The zero-order chi connectivity index (χ0) is 23.2. The number of fused-ring (bicyclic) bond motifs is 1. The molecule has 0 atom stereocenters.